The van der Waals surface area contributed by atoms with E-state index in [4.69, 9.17) is 0 Å². The molecule has 1 aromatic heterocycles. The number of carbonyl (C=O) groups is 2. The minimum Gasteiger partial charge on any atom is -0.348 e. The lowest BCUT2D eigenvalue weighted by atomic mass is 10.1. The van der Waals surface area contributed by atoms with Crippen molar-refractivity contribution < 1.29 is 14.0 Å². The highest BCUT2D eigenvalue weighted by atomic mass is 19.1. The third-order valence-corrected chi connectivity index (χ3v) is 5.37. The Morgan fingerprint density at radius 2 is 1.67 bits per heavy atom. The Morgan fingerprint density at radius 1 is 0.939 bits per heavy atom. The van der Waals surface area contributed by atoms with Gasteiger partial charge in [-0.1, -0.05) is 31.2 Å². The number of benzene rings is 3. The van der Waals surface area contributed by atoms with Gasteiger partial charge in [-0.3, -0.25) is 9.59 Å². The quantitative estimate of drug-likeness (QED) is 0.366. The Kier molecular flexibility index (Phi) is 6.78. The second kappa shape index (κ2) is 10.1. The molecule has 3 N–H and O–H groups in total. The number of fused-ring (bicyclic) bond motifs is 1. The van der Waals surface area contributed by atoms with Gasteiger partial charge in [-0.05, 0) is 60.0 Å². The third kappa shape index (κ3) is 5.83. The van der Waals surface area contributed by atoms with E-state index in [0.717, 1.165) is 46.5 Å². The van der Waals surface area contributed by atoms with E-state index < -0.39 is 0 Å². The number of hydrogen-bond donors (Lipinski definition) is 3. The number of anilines is 1. The standard InChI is InChI=1S/C26H25FN4O2/c1-2-25(32)29-21-11-5-17(6-12-21)7-14-24-30-22-13-8-19(15-23(22)31-24)26(33)28-16-18-3-9-20(27)10-4-18/h3-6,8-13,15H,2,7,14,16H2,1H3,(H,28,33)(H,29,32)(H,30,31). The van der Waals surface area contributed by atoms with Gasteiger partial charge in [-0.25, -0.2) is 9.37 Å². The van der Waals surface area contributed by atoms with Gasteiger partial charge < -0.3 is 15.6 Å². The first-order chi connectivity index (χ1) is 16.0. The molecule has 0 bridgehead atoms. The van der Waals surface area contributed by atoms with Crippen LogP contribution in [-0.4, -0.2) is 21.8 Å². The second-order valence-electron chi connectivity index (χ2n) is 7.82. The fourth-order valence-electron chi connectivity index (χ4n) is 3.48. The van der Waals surface area contributed by atoms with Crippen molar-refractivity contribution in [3.63, 3.8) is 0 Å². The molecule has 2 amide bonds. The molecule has 0 unspecified atom stereocenters. The van der Waals surface area contributed by atoms with Crippen molar-refractivity contribution in [2.75, 3.05) is 5.32 Å². The summed E-state index contributed by atoms with van der Waals surface area (Å²) in [5.41, 5.74) is 4.90. The van der Waals surface area contributed by atoms with Crippen LogP contribution >= 0.6 is 0 Å². The van der Waals surface area contributed by atoms with Crippen LogP contribution < -0.4 is 10.6 Å². The number of aromatic nitrogens is 2. The molecule has 0 aliphatic carbocycles. The van der Waals surface area contributed by atoms with Crippen LogP contribution in [0.1, 0.15) is 40.7 Å². The molecular formula is C26H25FN4O2. The van der Waals surface area contributed by atoms with Gasteiger partial charge in [0.05, 0.1) is 11.0 Å². The first kappa shape index (κ1) is 22.2. The molecule has 1 heterocycles. The Hall–Kier alpha value is -4.00. The normalized spacial score (nSPS) is 10.8. The van der Waals surface area contributed by atoms with Crippen molar-refractivity contribution in [2.24, 2.45) is 0 Å². The van der Waals surface area contributed by atoms with Gasteiger partial charge >= 0.3 is 0 Å². The largest absolute Gasteiger partial charge is 0.348 e. The van der Waals surface area contributed by atoms with Crippen LogP contribution in [-0.2, 0) is 24.2 Å². The van der Waals surface area contributed by atoms with E-state index in [1.165, 1.54) is 12.1 Å². The molecule has 6 nitrogen and oxygen atoms in total. The predicted molar refractivity (Wildman–Crippen MR) is 126 cm³/mol. The number of carbonyl (C=O) groups excluding carboxylic acids is 2. The summed E-state index contributed by atoms with van der Waals surface area (Å²) in [5.74, 6) is 0.335. The fraction of sp³-hybridized carbons (Fsp3) is 0.192. The first-order valence-electron chi connectivity index (χ1n) is 10.9. The first-order valence-corrected chi connectivity index (χ1v) is 10.9. The molecule has 3 aromatic carbocycles. The Morgan fingerprint density at radius 3 is 2.39 bits per heavy atom. The summed E-state index contributed by atoms with van der Waals surface area (Å²) in [6, 6.07) is 19.2. The van der Waals surface area contributed by atoms with Gasteiger partial charge in [0.25, 0.3) is 5.91 Å². The SMILES string of the molecule is CCC(=O)Nc1ccc(CCc2nc3ccc(C(=O)NCc4ccc(F)cc4)cc3[nH]2)cc1. The maximum Gasteiger partial charge on any atom is 0.251 e. The number of aryl methyl sites for hydroxylation is 2. The molecule has 0 saturated heterocycles. The summed E-state index contributed by atoms with van der Waals surface area (Å²) in [7, 11) is 0. The van der Waals surface area contributed by atoms with Gasteiger partial charge in [0.1, 0.15) is 11.6 Å². The zero-order valence-electron chi connectivity index (χ0n) is 18.3. The average molecular weight is 445 g/mol. The number of amides is 2. The van der Waals surface area contributed by atoms with Crippen LogP contribution in [0, 0.1) is 5.82 Å². The van der Waals surface area contributed by atoms with E-state index in [9.17, 15) is 14.0 Å². The van der Waals surface area contributed by atoms with Crippen LogP contribution in [0.4, 0.5) is 10.1 Å². The lowest BCUT2D eigenvalue weighted by Crippen LogP contribution is -2.22. The molecule has 4 rings (SSSR count). The van der Waals surface area contributed by atoms with Crippen LogP contribution in [0.2, 0.25) is 0 Å². The maximum absolute atomic E-state index is 13.0. The van der Waals surface area contributed by atoms with Crippen molar-refractivity contribution in [3.05, 3.63) is 95.1 Å². The second-order valence-corrected chi connectivity index (χ2v) is 7.82. The molecule has 168 valence electrons. The molecule has 4 aromatic rings. The Bertz CT molecular complexity index is 1260. The predicted octanol–water partition coefficient (Wildman–Crippen LogP) is 4.77. The molecule has 0 atom stereocenters. The number of nitrogens with one attached hydrogen (secondary N) is 3. The third-order valence-electron chi connectivity index (χ3n) is 5.37. The summed E-state index contributed by atoms with van der Waals surface area (Å²) >= 11 is 0. The number of halogens is 1. The Balaban J connectivity index is 1.35. The summed E-state index contributed by atoms with van der Waals surface area (Å²) in [4.78, 5) is 31.9. The highest BCUT2D eigenvalue weighted by Gasteiger charge is 2.10. The topological polar surface area (TPSA) is 86.9 Å². The van der Waals surface area contributed by atoms with Crippen LogP contribution in [0.3, 0.4) is 0 Å². The summed E-state index contributed by atoms with van der Waals surface area (Å²) in [6.45, 7) is 2.15. The molecular weight excluding hydrogens is 419 g/mol. The molecule has 0 radical (unpaired) electrons. The zero-order valence-corrected chi connectivity index (χ0v) is 18.3. The van der Waals surface area contributed by atoms with Gasteiger partial charge in [-0.2, -0.15) is 0 Å². The average Bonchev–Trinajstić information content (AvgIpc) is 3.25. The van der Waals surface area contributed by atoms with Gasteiger partial charge in [0.15, 0.2) is 0 Å². The number of rotatable bonds is 8. The number of imidazole rings is 1. The van der Waals surface area contributed by atoms with E-state index in [1.54, 1.807) is 24.3 Å². The van der Waals surface area contributed by atoms with Crippen molar-refractivity contribution in [1.29, 1.82) is 0 Å². The van der Waals surface area contributed by atoms with Gasteiger partial charge in [-0.15, -0.1) is 0 Å². The fourth-order valence-corrected chi connectivity index (χ4v) is 3.48. The molecule has 0 aliphatic heterocycles. The smallest absolute Gasteiger partial charge is 0.251 e. The van der Waals surface area contributed by atoms with E-state index in [0.29, 0.717) is 18.5 Å². The summed E-state index contributed by atoms with van der Waals surface area (Å²) in [6.07, 6.45) is 1.97. The van der Waals surface area contributed by atoms with E-state index in [2.05, 4.69) is 20.6 Å². The molecule has 0 aliphatic rings. The number of nitrogens with zero attached hydrogens (tertiary/aromatic N) is 1. The van der Waals surface area contributed by atoms with E-state index in [1.807, 2.05) is 37.3 Å². The highest BCUT2D eigenvalue weighted by Crippen LogP contribution is 2.17. The molecule has 0 fully saturated rings. The summed E-state index contributed by atoms with van der Waals surface area (Å²) in [5, 5.41) is 5.69. The number of H-pyrrole nitrogens is 1. The molecule has 0 spiro atoms. The van der Waals surface area contributed by atoms with E-state index >= 15 is 0 Å². The van der Waals surface area contributed by atoms with E-state index in [-0.39, 0.29) is 17.6 Å². The monoisotopic (exact) mass is 444 g/mol. The lowest BCUT2D eigenvalue weighted by Gasteiger charge is -2.05. The Labute approximate surface area is 191 Å². The van der Waals surface area contributed by atoms with Crippen molar-refractivity contribution in [1.82, 2.24) is 15.3 Å². The number of hydrogen-bond acceptors (Lipinski definition) is 3. The van der Waals surface area contributed by atoms with Crippen LogP contribution in [0.5, 0.6) is 0 Å². The van der Waals surface area contributed by atoms with Crippen molar-refractivity contribution in [3.8, 4) is 0 Å². The van der Waals surface area contributed by atoms with Gasteiger partial charge in [0.2, 0.25) is 5.91 Å². The molecule has 7 heteroatoms. The zero-order chi connectivity index (χ0) is 23.2. The molecule has 33 heavy (non-hydrogen) atoms. The van der Waals surface area contributed by atoms with Crippen molar-refractivity contribution >= 4 is 28.5 Å². The maximum atomic E-state index is 13.0. The minimum atomic E-state index is -0.303. The lowest BCUT2D eigenvalue weighted by molar-refractivity contribution is -0.115. The minimum absolute atomic E-state index is 0.00599. The van der Waals surface area contributed by atoms with Crippen LogP contribution in [0.15, 0.2) is 66.7 Å². The van der Waals surface area contributed by atoms with Gasteiger partial charge in [0, 0.05) is 30.6 Å². The molecule has 0 saturated carbocycles. The van der Waals surface area contributed by atoms with Crippen molar-refractivity contribution in [2.45, 2.75) is 32.7 Å². The van der Waals surface area contributed by atoms with Crippen LogP contribution in [0.25, 0.3) is 11.0 Å². The number of aromatic amines is 1. The highest BCUT2D eigenvalue weighted by molar-refractivity contribution is 5.97. The summed E-state index contributed by atoms with van der Waals surface area (Å²) < 4.78 is 13.0.